The highest BCUT2D eigenvalue weighted by Gasteiger charge is 2.28. The smallest absolute Gasteiger partial charge is 0.323 e. The highest BCUT2D eigenvalue weighted by Crippen LogP contribution is 2.39. The number of fused-ring (bicyclic) bond motifs is 1. The molecule has 0 spiro atoms. The molecular formula is C26H29BrFN5O2. The predicted molar refractivity (Wildman–Crippen MR) is 142 cm³/mol. The van der Waals surface area contributed by atoms with Crippen molar-refractivity contribution in [1.82, 2.24) is 4.98 Å². The number of methoxy groups -OCH3 is 1. The molecular weight excluding hydrogens is 513 g/mol. The summed E-state index contributed by atoms with van der Waals surface area (Å²) in [5.41, 5.74) is 3.99. The van der Waals surface area contributed by atoms with Crippen molar-refractivity contribution in [2.24, 2.45) is 0 Å². The summed E-state index contributed by atoms with van der Waals surface area (Å²) < 4.78 is 20.5. The molecule has 1 aliphatic heterocycles. The number of halogens is 2. The van der Waals surface area contributed by atoms with Crippen LogP contribution in [0.15, 0.2) is 59.2 Å². The molecule has 7 nitrogen and oxygen atoms in total. The van der Waals surface area contributed by atoms with Crippen LogP contribution in [0.4, 0.5) is 32.1 Å². The van der Waals surface area contributed by atoms with Gasteiger partial charge in [0.25, 0.3) is 0 Å². The largest absolute Gasteiger partial charge is 0.383 e. The van der Waals surface area contributed by atoms with Crippen LogP contribution in [0.5, 0.6) is 0 Å². The Morgan fingerprint density at radius 2 is 2.03 bits per heavy atom. The van der Waals surface area contributed by atoms with Crippen molar-refractivity contribution in [1.29, 1.82) is 0 Å². The third-order valence-corrected chi connectivity index (χ3v) is 6.70. The fraction of sp³-hybridized carbons (Fsp3) is 0.308. The third-order valence-electron chi connectivity index (χ3n) is 6.01. The number of ether oxygens (including phenoxy) is 1. The number of urea groups is 1. The lowest BCUT2D eigenvalue weighted by Crippen LogP contribution is -2.34. The number of anilines is 4. The average Bonchev–Trinajstić information content (AvgIpc) is 2.85. The van der Waals surface area contributed by atoms with Gasteiger partial charge in [0.15, 0.2) is 0 Å². The Morgan fingerprint density at radius 1 is 1.23 bits per heavy atom. The molecule has 4 rings (SSSR count). The van der Waals surface area contributed by atoms with E-state index in [0.717, 1.165) is 42.1 Å². The number of hydrogen-bond acceptors (Lipinski definition) is 5. The molecule has 1 atom stereocenters. The predicted octanol–water partition coefficient (Wildman–Crippen LogP) is 5.85. The van der Waals surface area contributed by atoms with Crippen LogP contribution in [-0.2, 0) is 11.2 Å². The number of amides is 2. The minimum absolute atomic E-state index is 0.101. The number of pyridine rings is 1. The first-order chi connectivity index (χ1) is 17.0. The number of carbonyl (C=O) groups is 1. The number of carbonyl (C=O) groups excluding carboxylic acids is 1. The number of likely N-dealkylation sites (N-methyl/N-ethyl adjacent to an activating group) is 1. The Morgan fingerprint density at radius 3 is 2.77 bits per heavy atom. The Kier molecular flexibility index (Phi) is 8.20. The van der Waals surface area contributed by atoms with Crippen molar-refractivity contribution in [2.75, 3.05) is 54.2 Å². The van der Waals surface area contributed by atoms with E-state index in [1.807, 2.05) is 24.4 Å². The Hall–Kier alpha value is -3.17. The van der Waals surface area contributed by atoms with Crippen LogP contribution in [0, 0.1) is 5.82 Å². The molecule has 0 radical (unpaired) electrons. The molecule has 3 aromatic rings. The second kappa shape index (κ2) is 11.5. The molecule has 0 saturated heterocycles. The Labute approximate surface area is 213 Å². The Bertz CT molecular complexity index is 1180. The summed E-state index contributed by atoms with van der Waals surface area (Å²) in [7, 11) is 1.67. The van der Waals surface area contributed by atoms with Crippen molar-refractivity contribution in [3.63, 3.8) is 0 Å². The summed E-state index contributed by atoms with van der Waals surface area (Å²) in [5.74, 6) is 0.418. The van der Waals surface area contributed by atoms with Gasteiger partial charge in [0.05, 0.1) is 12.3 Å². The van der Waals surface area contributed by atoms with Gasteiger partial charge >= 0.3 is 6.03 Å². The van der Waals surface area contributed by atoms with Gasteiger partial charge < -0.3 is 25.6 Å². The van der Waals surface area contributed by atoms with Crippen LogP contribution >= 0.6 is 15.9 Å². The van der Waals surface area contributed by atoms with E-state index in [9.17, 15) is 9.18 Å². The molecule has 1 unspecified atom stereocenters. The number of aromatic nitrogens is 1. The van der Waals surface area contributed by atoms with Crippen LogP contribution in [0.3, 0.4) is 0 Å². The van der Waals surface area contributed by atoms with E-state index in [1.54, 1.807) is 25.3 Å². The summed E-state index contributed by atoms with van der Waals surface area (Å²) in [6.07, 6.45) is 2.67. The minimum Gasteiger partial charge on any atom is -0.383 e. The van der Waals surface area contributed by atoms with Crippen molar-refractivity contribution in [3.05, 3.63) is 76.1 Å². The number of rotatable bonds is 8. The van der Waals surface area contributed by atoms with Crippen LogP contribution in [0.25, 0.3) is 0 Å². The first-order valence-corrected chi connectivity index (χ1v) is 12.4. The summed E-state index contributed by atoms with van der Waals surface area (Å²) in [5, 5.41) is 8.66. The van der Waals surface area contributed by atoms with E-state index in [2.05, 4.69) is 54.8 Å². The average molecular weight is 542 g/mol. The molecule has 3 N–H and O–H groups in total. The van der Waals surface area contributed by atoms with Gasteiger partial charge in [0.1, 0.15) is 11.6 Å². The maximum atomic E-state index is 14.7. The fourth-order valence-corrected chi connectivity index (χ4v) is 4.92. The van der Waals surface area contributed by atoms with Crippen molar-refractivity contribution in [3.8, 4) is 0 Å². The van der Waals surface area contributed by atoms with Crippen molar-refractivity contribution < 1.29 is 13.9 Å². The molecule has 0 saturated carbocycles. The van der Waals surface area contributed by atoms with Crippen LogP contribution in [0.1, 0.15) is 24.0 Å². The van der Waals surface area contributed by atoms with E-state index in [0.29, 0.717) is 23.3 Å². The second-order valence-electron chi connectivity index (χ2n) is 8.36. The Balaban J connectivity index is 1.54. The van der Waals surface area contributed by atoms with E-state index in [1.165, 1.54) is 6.07 Å². The SMILES string of the molecule is CCN1CC(c2cc(NC(=O)Nc3ccccc3)c(F)cc2Br)Cc2cnc(NCCOC)cc21. The quantitative estimate of drug-likeness (QED) is 0.311. The molecule has 0 bridgehead atoms. The number of benzene rings is 2. The summed E-state index contributed by atoms with van der Waals surface area (Å²) >= 11 is 3.54. The molecule has 2 amide bonds. The molecule has 35 heavy (non-hydrogen) atoms. The number of nitrogens with one attached hydrogen (secondary N) is 3. The van der Waals surface area contributed by atoms with Gasteiger partial charge in [-0.1, -0.05) is 34.1 Å². The standard InChI is InChI=1S/C26H29BrFN5O2/c1-3-33-16-18(11-17-15-30-25(14-24(17)33)29-9-10-35-2)20-12-23(22(28)13-21(20)27)32-26(34)31-19-7-5-4-6-8-19/h4-8,12-15,18H,3,9-11,16H2,1-2H3,(H,29,30)(H2,31,32,34). The van der Waals surface area contributed by atoms with E-state index < -0.39 is 11.8 Å². The lowest BCUT2D eigenvalue weighted by molar-refractivity contribution is 0.210. The van der Waals surface area contributed by atoms with Crippen LogP contribution in [-0.4, -0.2) is 44.4 Å². The molecule has 184 valence electrons. The highest BCUT2D eigenvalue weighted by molar-refractivity contribution is 9.10. The molecule has 1 aromatic heterocycles. The summed E-state index contributed by atoms with van der Waals surface area (Å²) in [4.78, 5) is 19.3. The fourth-order valence-electron chi connectivity index (χ4n) is 4.29. The molecule has 2 aromatic carbocycles. The van der Waals surface area contributed by atoms with E-state index >= 15 is 0 Å². The lowest BCUT2D eigenvalue weighted by atomic mass is 9.87. The topological polar surface area (TPSA) is 78.5 Å². The van der Waals surface area contributed by atoms with Crippen LogP contribution < -0.4 is 20.9 Å². The zero-order valence-electron chi connectivity index (χ0n) is 19.8. The van der Waals surface area contributed by atoms with E-state index in [4.69, 9.17) is 4.74 Å². The monoisotopic (exact) mass is 541 g/mol. The van der Waals surface area contributed by atoms with Gasteiger partial charge in [0, 0.05) is 60.8 Å². The second-order valence-corrected chi connectivity index (χ2v) is 9.21. The third kappa shape index (κ3) is 6.10. The van der Waals surface area contributed by atoms with Gasteiger partial charge in [-0.3, -0.25) is 0 Å². The zero-order valence-corrected chi connectivity index (χ0v) is 21.4. The van der Waals surface area contributed by atoms with Gasteiger partial charge in [0.2, 0.25) is 0 Å². The van der Waals surface area contributed by atoms with Gasteiger partial charge in [-0.15, -0.1) is 0 Å². The summed E-state index contributed by atoms with van der Waals surface area (Å²) in [6, 6.07) is 13.8. The number of para-hydroxylation sites is 1. The van der Waals surface area contributed by atoms with E-state index in [-0.39, 0.29) is 11.6 Å². The van der Waals surface area contributed by atoms with Crippen molar-refractivity contribution in [2.45, 2.75) is 19.3 Å². The number of nitrogens with zero attached hydrogens (tertiary/aromatic N) is 2. The molecule has 2 heterocycles. The molecule has 0 fully saturated rings. The molecule has 1 aliphatic rings. The first-order valence-electron chi connectivity index (χ1n) is 11.6. The van der Waals surface area contributed by atoms with Gasteiger partial charge in [-0.05, 0) is 48.7 Å². The first kappa shape index (κ1) is 24.9. The van der Waals surface area contributed by atoms with Crippen LogP contribution in [0.2, 0.25) is 0 Å². The summed E-state index contributed by atoms with van der Waals surface area (Å²) in [6.45, 7) is 5.01. The molecule has 9 heteroatoms. The van der Waals surface area contributed by atoms with Crippen molar-refractivity contribution >= 4 is 44.8 Å². The normalized spacial score (nSPS) is 14.9. The zero-order chi connectivity index (χ0) is 24.8. The van der Waals surface area contributed by atoms with Gasteiger partial charge in [-0.25, -0.2) is 14.2 Å². The molecule has 0 aliphatic carbocycles. The highest BCUT2D eigenvalue weighted by atomic mass is 79.9. The minimum atomic E-state index is -0.499. The number of hydrogen-bond donors (Lipinski definition) is 3. The van der Waals surface area contributed by atoms with Gasteiger partial charge in [-0.2, -0.15) is 0 Å². The lowest BCUT2D eigenvalue weighted by Gasteiger charge is -2.36. The maximum Gasteiger partial charge on any atom is 0.323 e. The maximum absolute atomic E-state index is 14.7.